The van der Waals surface area contributed by atoms with Gasteiger partial charge in [0.15, 0.2) is 0 Å². The smallest absolute Gasteiger partial charge is 0.225 e. The van der Waals surface area contributed by atoms with Gasteiger partial charge < -0.3 is 16.0 Å². The molecule has 0 spiro atoms. The zero-order valence-electron chi connectivity index (χ0n) is 15.4. The largest absolute Gasteiger partial charge is 0.397 e. The summed E-state index contributed by atoms with van der Waals surface area (Å²) in [5, 5.41) is 16.2. The van der Waals surface area contributed by atoms with Crippen LogP contribution in [0.1, 0.15) is 42.1 Å². The Morgan fingerprint density at radius 2 is 2.07 bits per heavy atom. The molecule has 8 nitrogen and oxygen atoms in total. The number of nitrogens with one attached hydrogen (secondary N) is 2. The highest BCUT2D eigenvalue weighted by atomic mass is 15.2. The highest BCUT2D eigenvalue weighted by Crippen LogP contribution is 2.21. The van der Waals surface area contributed by atoms with E-state index in [1.807, 2.05) is 0 Å². The third-order valence-corrected chi connectivity index (χ3v) is 4.59. The third kappa shape index (κ3) is 4.16. The van der Waals surface area contributed by atoms with E-state index in [9.17, 15) is 0 Å². The number of rotatable bonds is 6. The molecule has 1 aliphatic rings. The van der Waals surface area contributed by atoms with Crippen LogP contribution in [0.2, 0.25) is 0 Å². The van der Waals surface area contributed by atoms with Crippen LogP contribution < -0.4 is 10.6 Å². The van der Waals surface area contributed by atoms with Crippen molar-refractivity contribution in [3.63, 3.8) is 0 Å². The molecule has 1 atom stereocenters. The van der Waals surface area contributed by atoms with Crippen LogP contribution in [0.25, 0.3) is 0 Å². The molecule has 0 bridgehead atoms. The van der Waals surface area contributed by atoms with Gasteiger partial charge in [-0.3, -0.25) is 15.4 Å². The van der Waals surface area contributed by atoms with Crippen molar-refractivity contribution in [1.82, 2.24) is 15.0 Å². The zero-order chi connectivity index (χ0) is 19.2. The SMILES string of the molecule is CN=CC(C=N)c1cc(C(=N)c2ccnc(N3CCCCC3)n2)c(N)cn1. The number of anilines is 2. The van der Waals surface area contributed by atoms with Crippen LogP contribution in [-0.2, 0) is 0 Å². The Kier molecular flexibility index (Phi) is 5.85. The molecule has 1 saturated heterocycles. The van der Waals surface area contributed by atoms with Gasteiger partial charge in [0.2, 0.25) is 5.95 Å². The number of nitrogens with two attached hydrogens (primary N) is 1. The molecule has 1 unspecified atom stereocenters. The Hall–Kier alpha value is -3.16. The molecule has 8 heteroatoms. The molecular formula is C19H24N8. The highest BCUT2D eigenvalue weighted by molar-refractivity contribution is 6.12. The van der Waals surface area contributed by atoms with Crippen molar-refractivity contribution in [3.05, 3.63) is 41.5 Å². The first-order valence-corrected chi connectivity index (χ1v) is 8.99. The van der Waals surface area contributed by atoms with Crippen LogP contribution in [0.15, 0.2) is 29.5 Å². The Morgan fingerprint density at radius 1 is 1.30 bits per heavy atom. The first kappa shape index (κ1) is 18.6. The van der Waals surface area contributed by atoms with Crippen molar-refractivity contribution in [2.75, 3.05) is 30.8 Å². The average Bonchev–Trinajstić information content (AvgIpc) is 2.73. The Labute approximate surface area is 158 Å². The number of aliphatic imine (C=N–C) groups is 1. The first-order valence-electron chi connectivity index (χ1n) is 8.99. The molecule has 1 aliphatic heterocycles. The van der Waals surface area contributed by atoms with Gasteiger partial charge in [-0.1, -0.05) is 0 Å². The summed E-state index contributed by atoms with van der Waals surface area (Å²) in [4.78, 5) is 19.4. The Morgan fingerprint density at radius 3 is 2.78 bits per heavy atom. The summed E-state index contributed by atoms with van der Waals surface area (Å²) < 4.78 is 0. The Bertz CT molecular complexity index is 855. The number of piperidine rings is 1. The second-order valence-electron chi connectivity index (χ2n) is 6.46. The van der Waals surface area contributed by atoms with E-state index in [0.29, 0.717) is 28.6 Å². The zero-order valence-corrected chi connectivity index (χ0v) is 15.4. The van der Waals surface area contributed by atoms with Crippen molar-refractivity contribution < 1.29 is 0 Å². The number of hydrogen-bond donors (Lipinski definition) is 3. The minimum Gasteiger partial charge on any atom is -0.397 e. The van der Waals surface area contributed by atoms with Gasteiger partial charge in [0, 0.05) is 44.3 Å². The number of nitrogen functional groups attached to an aromatic ring is 1. The molecule has 0 aliphatic carbocycles. The van der Waals surface area contributed by atoms with E-state index in [2.05, 4.69) is 24.8 Å². The quantitative estimate of drug-likeness (QED) is 0.678. The molecule has 1 fully saturated rings. The fourth-order valence-corrected chi connectivity index (χ4v) is 3.12. The lowest BCUT2D eigenvalue weighted by Crippen LogP contribution is -2.31. The van der Waals surface area contributed by atoms with E-state index in [-0.39, 0.29) is 11.6 Å². The fourth-order valence-electron chi connectivity index (χ4n) is 3.12. The minimum absolute atomic E-state index is 0.217. The van der Waals surface area contributed by atoms with Crippen molar-refractivity contribution in [2.24, 2.45) is 4.99 Å². The molecule has 0 radical (unpaired) electrons. The van der Waals surface area contributed by atoms with Crippen molar-refractivity contribution >= 4 is 29.8 Å². The summed E-state index contributed by atoms with van der Waals surface area (Å²) >= 11 is 0. The summed E-state index contributed by atoms with van der Waals surface area (Å²) in [6.45, 7) is 1.88. The summed E-state index contributed by atoms with van der Waals surface area (Å²) in [7, 11) is 1.65. The normalized spacial score (nSPS) is 15.7. The average molecular weight is 364 g/mol. The topological polar surface area (TPSA) is 128 Å². The lowest BCUT2D eigenvalue weighted by molar-refractivity contribution is 0.568. The van der Waals surface area contributed by atoms with Gasteiger partial charge in [-0.2, -0.15) is 0 Å². The van der Waals surface area contributed by atoms with Gasteiger partial charge in [0.05, 0.1) is 34.9 Å². The lowest BCUT2D eigenvalue weighted by Gasteiger charge is -2.26. The minimum atomic E-state index is -0.350. The first-order chi connectivity index (χ1) is 13.1. The Balaban J connectivity index is 1.92. The van der Waals surface area contributed by atoms with Crippen LogP contribution in [0.4, 0.5) is 11.6 Å². The molecule has 27 heavy (non-hydrogen) atoms. The van der Waals surface area contributed by atoms with Crippen molar-refractivity contribution in [1.29, 1.82) is 10.8 Å². The summed E-state index contributed by atoms with van der Waals surface area (Å²) in [6, 6.07) is 3.45. The highest BCUT2D eigenvalue weighted by Gasteiger charge is 2.18. The maximum Gasteiger partial charge on any atom is 0.225 e. The van der Waals surface area contributed by atoms with E-state index in [0.717, 1.165) is 25.9 Å². The molecular weight excluding hydrogens is 340 g/mol. The van der Waals surface area contributed by atoms with Crippen molar-refractivity contribution in [2.45, 2.75) is 25.2 Å². The summed E-state index contributed by atoms with van der Waals surface area (Å²) in [5.41, 5.74) is 8.37. The lowest BCUT2D eigenvalue weighted by atomic mass is 10.0. The monoisotopic (exact) mass is 364 g/mol. The van der Waals surface area contributed by atoms with E-state index in [1.165, 1.54) is 18.8 Å². The van der Waals surface area contributed by atoms with Crippen molar-refractivity contribution in [3.8, 4) is 0 Å². The van der Waals surface area contributed by atoms with Gasteiger partial charge in [-0.25, -0.2) is 9.97 Å². The van der Waals surface area contributed by atoms with E-state index < -0.39 is 0 Å². The second kappa shape index (κ2) is 8.48. The summed E-state index contributed by atoms with van der Waals surface area (Å²) in [5.74, 6) is 0.303. The van der Waals surface area contributed by atoms with Gasteiger partial charge >= 0.3 is 0 Å². The predicted octanol–water partition coefficient (Wildman–Crippen LogP) is 2.29. The van der Waals surface area contributed by atoms with Gasteiger partial charge in [-0.05, 0) is 31.4 Å². The number of nitrogens with zero attached hydrogens (tertiary/aromatic N) is 5. The van der Waals surface area contributed by atoms with E-state index in [1.54, 1.807) is 31.6 Å². The van der Waals surface area contributed by atoms with Crippen LogP contribution >= 0.6 is 0 Å². The molecule has 0 saturated carbocycles. The maximum atomic E-state index is 8.61. The maximum absolute atomic E-state index is 8.61. The molecule has 2 aromatic heterocycles. The van der Waals surface area contributed by atoms with Crippen LogP contribution in [-0.4, -0.2) is 53.2 Å². The molecule has 0 aromatic carbocycles. The molecule has 2 aromatic rings. The van der Waals surface area contributed by atoms with Gasteiger partial charge in [0.1, 0.15) is 0 Å². The number of hydrogen-bond acceptors (Lipinski definition) is 8. The number of pyridine rings is 1. The van der Waals surface area contributed by atoms with Crippen LogP contribution in [0, 0.1) is 10.8 Å². The molecule has 3 heterocycles. The molecule has 140 valence electrons. The third-order valence-electron chi connectivity index (χ3n) is 4.59. The van der Waals surface area contributed by atoms with E-state index in [4.69, 9.17) is 16.6 Å². The second-order valence-corrected chi connectivity index (χ2v) is 6.46. The van der Waals surface area contributed by atoms with E-state index >= 15 is 0 Å². The van der Waals surface area contributed by atoms with Gasteiger partial charge in [0.25, 0.3) is 0 Å². The number of aromatic nitrogens is 3. The van der Waals surface area contributed by atoms with Crippen LogP contribution in [0.3, 0.4) is 0 Å². The standard InChI is InChI=1S/C19H24N8/c1-23-11-13(10-20)17-9-14(15(21)12-25-17)18(22)16-5-6-24-19(26-16)27-7-3-2-4-8-27/h5-6,9-13,20,22H,2-4,7-8,21H2,1H3. The fraction of sp³-hybridized carbons (Fsp3) is 0.368. The molecule has 3 rings (SSSR count). The summed E-state index contributed by atoms with van der Waals surface area (Å²) in [6.07, 6.45) is 9.61. The van der Waals surface area contributed by atoms with Gasteiger partial charge in [-0.15, -0.1) is 0 Å². The van der Waals surface area contributed by atoms with Crippen LogP contribution in [0.5, 0.6) is 0 Å². The predicted molar refractivity (Wildman–Crippen MR) is 109 cm³/mol. The molecule has 4 N–H and O–H groups in total. The molecule has 0 amide bonds.